The number of carbonyl (C=O) groups is 3. The molecule has 0 aliphatic rings. The summed E-state index contributed by atoms with van der Waals surface area (Å²) in [6.45, 7) is 4.83. The smallest absolute Gasteiger partial charge is 0.361 e. The fourth-order valence-electron chi connectivity index (χ4n) is 11.4. The van der Waals surface area contributed by atoms with Crippen LogP contribution in [0, 0.1) is 0 Å². The van der Waals surface area contributed by atoms with Crippen molar-refractivity contribution in [3.63, 3.8) is 0 Å². The molecule has 0 radical (unpaired) electrons. The Morgan fingerprint density at radius 3 is 0.966 bits per heavy atom. The Balaban J connectivity index is 4.00. The SMILES string of the molecule is CC/C=C\C/C=C\C/C=C\C/C=C\CCCCCCCCCCCCCCCCCCC(=O)OC(COC(=O)CCCCCCCCCCCCCCCCCCCCCCCCC/C=C\CCCCCCCCCC)COC(OCC[N+](C)(C)C)C(=O)O. The molecular weight excluding hydrogens is 1100 g/mol. The molecule has 0 aromatic carbocycles. The predicted octanol–water partition coefficient (Wildman–Crippen LogP) is 24.3. The van der Waals surface area contributed by atoms with Crippen molar-refractivity contribution in [3.05, 3.63) is 60.8 Å². The second-order valence-corrected chi connectivity index (χ2v) is 27.3. The highest BCUT2D eigenvalue weighted by molar-refractivity contribution is 5.71. The molecule has 2 atom stereocenters. The number of ether oxygens (including phenoxy) is 4. The number of carboxylic acid groups (broad SMARTS) is 1. The number of aliphatic carboxylic acids is 1. The Bertz CT molecular complexity index is 1650. The van der Waals surface area contributed by atoms with Gasteiger partial charge in [0, 0.05) is 12.8 Å². The first-order valence-corrected chi connectivity index (χ1v) is 38.5. The standard InChI is InChI=1S/C80H147NO8/c1-6-8-10-12-14-16-18-20-22-24-26-28-30-32-34-36-37-38-39-40-41-43-44-46-48-50-52-54-56-58-60-62-64-66-68-70-77(82)87-74-76(75-88-80(79(84)85)86-73-72-81(3,4)5)89-78(83)71-69-67-65-63-61-59-57-55-53-51-49-47-45-42-35-33-31-29-27-25-23-21-19-17-15-13-11-9-7-2/h9,11,15,17,21,23-24,26-27,29,76,80H,6-8,10,12-14,16,18-20,22,25,28,30-75H2,1-5H3/p+1/b11-9-,17-15-,23-21-,26-24-,29-27-. The van der Waals surface area contributed by atoms with Gasteiger partial charge in [-0.1, -0.05) is 344 Å². The molecule has 1 N–H and O–H groups in total. The van der Waals surface area contributed by atoms with Crippen LogP contribution >= 0.6 is 0 Å². The molecule has 89 heavy (non-hydrogen) atoms. The van der Waals surface area contributed by atoms with E-state index in [1.165, 1.54) is 283 Å². The summed E-state index contributed by atoms with van der Waals surface area (Å²) in [7, 11) is 5.99. The highest BCUT2D eigenvalue weighted by Gasteiger charge is 2.25. The molecular formula is C80H148NO8+. The summed E-state index contributed by atoms with van der Waals surface area (Å²) in [5, 5.41) is 9.76. The highest BCUT2D eigenvalue weighted by atomic mass is 16.7. The van der Waals surface area contributed by atoms with Gasteiger partial charge in [0.2, 0.25) is 0 Å². The molecule has 0 saturated heterocycles. The number of nitrogens with zero attached hydrogens (tertiary/aromatic N) is 1. The van der Waals surface area contributed by atoms with E-state index in [1.807, 2.05) is 21.1 Å². The molecule has 0 amide bonds. The van der Waals surface area contributed by atoms with Crippen LogP contribution in [0.15, 0.2) is 60.8 Å². The zero-order chi connectivity index (χ0) is 64.7. The van der Waals surface area contributed by atoms with Crippen molar-refractivity contribution in [1.29, 1.82) is 0 Å². The number of hydrogen-bond acceptors (Lipinski definition) is 7. The summed E-state index contributed by atoms with van der Waals surface area (Å²) in [6.07, 6.45) is 90.8. The Hall–Kier alpha value is -3.01. The maximum atomic E-state index is 13.0. The fraction of sp³-hybridized carbons (Fsp3) is 0.838. The number of hydrogen-bond donors (Lipinski definition) is 1. The number of likely N-dealkylation sites (N-methyl/N-ethyl adjacent to an activating group) is 1. The molecule has 9 heteroatoms. The minimum absolute atomic E-state index is 0.178. The lowest BCUT2D eigenvalue weighted by Gasteiger charge is -2.25. The van der Waals surface area contributed by atoms with E-state index in [9.17, 15) is 19.5 Å². The van der Waals surface area contributed by atoms with Gasteiger partial charge >= 0.3 is 17.9 Å². The summed E-state index contributed by atoms with van der Waals surface area (Å²) in [6, 6.07) is 0. The van der Waals surface area contributed by atoms with Crippen molar-refractivity contribution < 1.29 is 42.9 Å². The fourth-order valence-corrected chi connectivity index (χ4v) is 11.4. The molecule has 0 aliphatic carbocycles. The second-order valence-electron chi connectivity index (χ2n) is 27.3. The molecule has 9 nitrogen and oxygen atoms in total. The average molecular weight is 1250 g/mol. The summed E-state index contributed by atoms with van der Waals surface area (Å²) in [5.74, 6) is -1.98. The van der Waals surface area contributed by atoms with Gasteiger partial charge in [0.15, 0.2) is 6.10 Å². The van der Waals surface area contributed by atoms with E-state index in [4.69, 9.17) is 18.9 Å². The lowest BCUT2D eigenvalue weighted by Crippen LogP contribution is -2.40. The molecule has 0 saturated carbocycles. The van der Waals surface area contributed by atoms with E-state index in [1.54, 1.807) is 0 Å². The van der Waals surface area contributed by atoms with Crippen molar-refractivity contribution in [2.75, 3.05) is 47.5 Å². The van der Waals surface area contributed by atoms with Gasteiger partial charge in [0.1, 0.15) is 13.2 Å². The summed E-state index contributed by atoms with van der Waals surface area (Å²) < 4.78 is 23.0. The lowest BCUT2D eigenvalue weighted by molar-refractivity contribution is -0.870. The molecule has 520 valence electrons. The molecule has 0 rings (SSSR count). The van der Waals surface area contributed by atoms with Gasteiger partial charge in [0.05, 0.1) is 34.4 Å². The summed E-state index contributed by atoms with van der Waals surface area (Å²) >= 11 is 0. The highest BCUT2D eigenvalue weighted by Crippen LogP contribution is 2.19. The van der Waals surface area contributed by atoms with E-state index >= 15 is 0 Å². The third-order valence-electron chi connectivity index (χ3n) is 17.3. The van der Waals surface area contributed by atoms with Gasteiger partial charge in [-0.25, -0.2) is 4.79 Å². The minimum Gasteiger partial charge on any atom is -0.477 e. The zero-order valence-electron chi connectivity index (χ0n) is 59.6. The van der Waals surface area contributed by atoms with Crippen LogP contribution in [0.25, 0.3) is 0 Å². The van der Waals surface area contributed by atoms with E-state index in [0.29, 0.717) is 17.4 Å². The van der Waals surface area contributed by atoms with E-state index in [0.717, 1.165) is 64.2 Å². The first-order chi connectivity index (χ1) is 43.6. The maximum Gasteiger partial charge on any atom is 0.361 e. The van der Waals surface area contributed by atoms with Crippen molar-refractivity contribution in [2.45, 2.75) is 386 Å². The van der Waals surface area contributed by atoms with Crippen LogP contribution in [-0.2, 0) is 33.3 Å². The molecule has 0 heterocycles. The molecule has 0 aromatic heterocycles. The van der Waals surface area contributed by atoms with Gasteiger partial charge in [-0.05, 0) is 77.0 Å². The average Bonchev–Trinajstić information content (AvgIpc) is 3.71. The van der Waals surface area contributed by atoms with Crippen LogP contribution in [0.5, 0.6) is 0 Å². The third-order valence-corrected chi connectivity index (χ3v) is 17.3. The summed E-state index contributed by atoms with van der Waals surface area (Å²) in [4.78, 5) is 37.7. The van der Waals surface area contributed by atoms with Crippen LogP contribution < -0.4 is 0 Å². The molecule has 0 aromatic rings. The van der Waals surface area contributed by atoms with Crippen LogP contribution in [-0.4, -0.2) is 87.4 Å². The van der Waals surface area contributed by atoms with Gasteiger partial charge in [0.25, 0.3) is 6.29 Å². The number of carboxylic acids is 1. The second kappa shape index (κ2) is 70.9. The number of carbonyl (C=O) groups excluding carboxylic acids is 2. The van der Waals surface area contributed by atoms with Crippen molar-refractivity contribution in [1.82, 2.24) is 0 Å². The minimum atomic E-state index is -1.51. The Kier molecular flexibility index (Phi) is 68.5. The number of unbranched alkanes of at least 4 members (excludes halogenated alkanes) is 47. The van der Waals surface area contributed by atoms with Crippen LogP contribution in [0.4, 0.5) is 0 Å². The third kappa shape index (κ3) is 72.3. The number of rotatable bonds is 72. The molecule has 2 unspecified atom stereocenters. The first-order valence-electron chi connectivity index (χ1n) is 38.5. The number of quaternary nitrogens is 1. The van der Waals surface area contributed by atoms with Gasteiger partial charge in [-0.15, -0.1) is 0 Å². The predicted molar refractivity (Wildman–Crippen MR) is 383 cm³/mol. The van der Waals surface area contributed by atoms with Crippen molar-refractivity contribution in [2.24, 2.45) is 0 Å². The zero-order valence-corrected chi connectivity index (χ0v) is 59.6. The monoisotopic (exact) mass is 1250 g/mol. The Morgan fingerprint density at radius 1 is 0.348 bits per heavy atom. The van der Waals surface area contributed by atoms with Crippen LogP contribution in [0.1, 0.15) is 373 Å². The van der Waals surface area contributed by atoms with Crippen molar-refractivity contribution in [3.8, 4) is 0 Å². The van der Waals surface area contributed by atoms with Gasteiger partial charge in [-0.3, -0.25) is 9.59 Å². The van der Waals surface area contributed by atoms with Crippen LogP contribution in [0.2, 0.25) is 0 Å². The maximum absolute atomic E-state index is 13.0. The normalized spacial score (nSPS) is 13.0. The van der Waals surface area contributed by atoms with Crippen molar-refractivity contribution >= 4 is 17.9 Å². The first kappa shape index (κ1) is 86.0. The largest absolute Gasteiger partial charge is 0.477 e. The molecule has 0 aliphatic heterocycles. The van der Waals surface area contributed by atoms with Gasteiger partial charge in [-0.2, -0.15) is 0 Å². The topological polar surface area (TPSA) is 108 Å². The van der Waals surface area contributed by atoms with E-state index in [-0.39, 0.29) is 38.2 Å². The quantitative estimate of drug-likeness (QED) is 0.0211. The number of esters is 2. The number of allylic oxidation sites excluding steroid dienone is 10. The van der Waals surface area contributed by atoms with E-state index < -0.39 is 18.4 Å². The van der Waals surface area contributed by atoms with E-state index in [2.05, 4.69) is 74.6 Å². The van der Waals surface area contributed by atoms with Crippen LogP contribution in [0.3, 0.4) is 0 Å². The van der Waals surface area contributed by atoms with Gasteiger partial charge < -0.3 is 28.5 Å². The summed E-state index contributed by atoms with van der Waals surface area (Å²) in [5.41, 5.74) is 0. The molecule has 0 fully saturated rings. The Morgan fingerprint density at radius 2 is 0.640 bits per heavy atom. The lowest BCUT2D eigenvalue weighted by atomic mass is 10.0. The molecule has 0 bridgehead atoms. The molecule has 0 spiro atoms. The Labute approximate surface area is 552 Å².